The average Bonchev–Trinajstić information content (AvgIpc) is 3.13. The minimum atomic E-state index is -1.05. The first kappa shape index (κ1) is 18.8. The lowest BCUT2D eigenvalue weighted by Crippen LogP contribution is -2.22. The van der Waals surface area contributed by atoms with Crippen LogP contribution in [0.5, 0.6) is 0 Å². The van der Waals surface area contributed by atoms with Crippen molar-refractivity contribution in [3.05, 3.63) is 64.5 Å². The van der Waals surface area contributed by atoms with Crippen LogP contribution in [0.2, 0.25) is 0 Å². The van der Waals surface area contributed by atoms with Crippen molar-refractivity contribution in [2.24, 2.45) is 0 Å². The van der Waals surface area contributed by atoms with Crippen LogP contribution in [0.3, 0.4) is 0 Å². The van der Waals surface area contributed by atoms with E-state index in [1.54, 1.807) is 25.1 Å². The van der Waals surface area contributed by atoms with Crippen LogP contribution in [0.15, 0.2) is 56.9 Å². The van der Waals surface area contributed by atoms with E-state index in [1.165, 1.54) is 28.8 Å². The standard InChI is InChI=1S/C19H13FN4O4S/c1-10-21-17(23-28-10)11-2-7-14-15(8-11)22-19(29-9-16(25)26)24(18(14)27)13-5-3-12(20)4-6-13/h2-8H,9H2,1H3,(H,25,26). The number of aromatic nitrogens is 4. The van der Waals surface area contributed by atoms with Gasteiger partial charge in [0.2, 0.25) is 11.7 Å². The fourth-order valence-corrected chi connectivity index (χ4v) is 3.49. The van der Waals surface area contributed by atoms with Crippen molar-refractivity contribution < 1.29 is 18.8 Å². The predicted molar refractivity (Wildman–Crippen MR) is 104 cm³/mol. The molecule has 0 amide bonds. The SMILES string of the molecule is Cc1nc(-c2ccc3c(=O)n(-c4ccc(F)cc4)c(SCC(=O)O)nc3c2)no1. The van der Waals surface area contributed by atoms with Gasteiger partial charge in [0.05, 0.1) is 22.3 Å². The van der Waals surface area contributed by atoms with Crippen LogP contribution >= 0.6 is 11.8 Å². The molecule has 0 atom stereocenters. The molecule has 0 saturated heterocycles. The van der Waals surface area contributed by atoms with Gasteiger partial charge in [-0.1, -0.05) is 23.0 Å². The average molecular weight is 412 g/mol. The van der Waals surface area contributed by atoms with Crippen LogP contribution in [0, 0.1) is 12.7 Å². The molecule has 2 aromatic heterocycles. The number of carboxylic acid groups (broad SMARTS) is 1. The molecule has 4 aromatic rings. The van der Waals surface area contributed by atoms with Gasteiger partial charge in [-0.25, -0.2) is 9.37 Å². The van der Waals surface area contributed by atoms with Gasteiger partial charge in [-0.05, 0) is 36.4 Å². The van der Waals surface area contributed by atoms with E-state index < -0.39 is 17.3 Å². The van der Waals surface area contributed by atoms with Crippen molar-refractivity contribution in [1.29, 1.82) is 0 Å². The summed E-state index contributed by atoms with van der Waals surface area (Å²) in [5.41, 5.74) is 0.957. The van der Waals surface area contributed by atoms with Gasteiger partial charge in [0, 0.05) is 12.5 Å². The van der Waals surface area contributed by atoms with E-state index in [0.717, 1.165) is 11.8 Å². The Hall–Kier alpha value is -3.53. The molecule has 29 heavy (non-hydrogen) atoms. The topological polar surface area (TPSA) is 111 Å². The summed E-state index contributed by atoms with van der Waals surface area (Å²) in [6, 6.07) is 10.2. The third kappa shape index (κ3) is 3.74. The molecule has 0 radical (unpaired) electrons. The van der Waals surface area contributed by atoms with Gasteiger partial charge in [0.25, 0.3) is 5.56 Å². The number of aliphatic carboxylic acids is 1. The highest BCUT2D eigenvalue weighted by Gasteiger charge is 2.16. The molecule has 8 nitrogen and oxygen atoms in total. The van der Waals surface area contributed by atoms with Gasteiger partial charge in [-0.15, -0.1) is 0 Å². The van der Waals surface area contributed by atoms with Crippen molar-refractivity contribution >= 4 is 28.6 Å². The maximum atomic E-state index is 13.3. The Morgan fingerprint density at radius 3 is 2.62 bits per heavy atom. The molecule has 10 heteroatoms. The molecule has 0 spiro atoms. The molecule has 0 aliphatic carbocycles. The maximum absolute atomic E-state index is 13.3. The van der Waals surface area contributed by atoms with Gasteiger partial charge in [0.15, 0.2) is 5.16 Å². The normalized spacial score (nSPS) is 11.1. The van der Waals surface area contributed by atoms with Crippen molar-refractivity contribution in [1.82, 2.24) is 19.7 Å². The lowest BCUT2D eigenvalue weighted by molar-refractivity contribution is -0.133. The van der Waals surface area contributed by atoms with Crippen LogP contribution in [-0.2, 0) is 4.79 Å². The second kappa shape index (κ2) is 7.47. The molecule has 4 rings (SSSR count). The molecular weight excluding hydrogens is 399 g/mol. The lowest BCUT2D eigenvalue weighted by Gasteiger charge is -2.13. The van der Waals surface area contributed by atoms with Crippen LogP contribution in [-0.4, -0.2) is 36.5 Å². The molecule has 2 aromatic carbocycles. The molecule has 0 aliphatic heterocycles. The number of thioether (sulfide) groups is 1. The highest BCUT2D eigenvalue weighted by atomic mass is 32.2. The first-order chi connectivity index (χ1) is 13.9. The van der Waals surface area contributed by atoms with Crippen molar-refractivity contribution in [2.75, 3.05) is 5.75 Å². The highest BCUT2D eigenvalue weighted by Crippen LogP contribution is 2.24. The summed E-state index contributed by atoms with van der Waals surface area (Å²) in [7, 11) is 0. The molecule has 0 aliphatic rings. The van der Waals surface area contributed by atoms with Gasteiger partial charge >= 0.3 is 5.97 Å². The smallest absolute Gasteiger partial charge is 0.313 e. The van der Waals surface area contributed by atoms with E-state index in [0.29, 0.717) is 33.9 Å². The Morgan fingerprint density at radius 1 is 1.21 bits per heavy atom. The van der Waals surface area contributed by atoms with Crippen LogP contribution in [0.4, 0.5) is 4.39 Å². The summed E-state index contributed by atoms with van der Waals surface area (Å²) >= 11 is 0.898. The van der Waals surface area contributed by atoms with E-state index in [9.17, 15) is 14.0 Å². The maximum Gasteiger partial charge on any atom is 0.313 e. The minimum Gasteiger partial charge on any atom is -0.481 e. The molecule has 146 valence electrons. The zero-order valence-electron chi connectivity index (χ0n) is 15.0. The number of fused-ring (bicyclic) bond motifs is 1. The van der Waals surface area contributed by atoms with E-state index in [1.807, 2.05) is 0 Å². The highest BCUT2D eigenvalue weighted by molar-refractivity contribution is 7.99. The summed E-state index contributed by atoms with van der Waals surface area (Å²) in [5.74, 6) is -1.03. The summed E-state index contributed by atoms with van der Waals surface area (Å²) in [6.45, 7) is 1.66. The largest absolute Gasteiger partial charge is 0.481 e. The number of carbonyl (C=O) groups is 1. The quantitative estimate of drug-likeness (QED) is 0.393. The van der Waals surface area contributed by atoms with Crippen molar-refractivity contribution in [3.8, 4) is 17.1 Å². The van der Waals surface area contributed by atoms with Crippen molar-refractivity contribution in [3.63, 3.8) is 0 Å². The summed E-state index contributed by atoms with van der Waals surface area (Å²) in [5, 5.41) is 13.4. The number of benzene rings is 2. The molecular formula is C19H13FN4O4S. The zero-order valence-corrected chi connectivity index (χ0v) is 15.8. The predicted octanol–water partition coefficient (Wildman–Crippen LogP) is 3.06. The Bertz CT molecular complexity index is 1280. The Labute approximate surface area is 167 Å². The fraction of sp³-hybridized carbons (Fsp3) is 0.105. The van der Waals surface area contributed by atoms with E-state index in [4.69, 9.17) is 9.63 Å². The second-order valence-electron chi connectivity index (χ2n) is 6.06. The van der Waals surface area contributed by atoms with Gasteiger partial charge in [-0.2, -0.15) is 4.98 Å². The minimum absolute atomic E-state index is 0.179. The number of halogens is 1. The van der Waals surface area contributed by atoms with Crippen LogP contribution in [0.25, 0.3) is 28.0 Å². The van der Waals surface area contributed by atoms with Crippen LogP contribution in [0.1, 0.15) is 5.89 Å². The van der Waals surface area contributed by atoms with Gasteiger partial charge in [0.1, 0.15) is 5.82 Å². The zero-order chi connectivity index (χ0) is 20.5. The molecule has 0 saturated carbocycles. The molecule has 0 fully saturated rings. The molecule has 2 heterocycles. The number of hydrogen-bond donors (Lipinski definition) is 1. The third-order valence-corrected chi connectivity index (χ3v) is 4.96. The number of aryl methyl sites for hydroxylation is 1. The fourth-order valence-electron chi connectivity index (χ4n) is 2.76. The van der Waals surface area contributed by atoms with E-state index in [2.05, 4.69) is 15.1 Å². The molecule has 0 bridgehead atoms. The second-order valence-corrected chi connectivity index (χ2v) is 7.01. The summed E-state index contributed by atoms with van der Waals surface area (Å²) in [6.07, 6.45) is 0. The van der Waals surface area contributed by atoms with Gasteiger partial charge in [-0.3, -0.25) is 14.2 Å². The summed E-state index contributed by atoms with van der Waals surface area (Å²) < 4.78 is 19.6. The monoisotopic (exact) mass is 412 g/mol. The van der Waals surface area contributed by atoms with Crippen LogP contribution < -0.4 is 5.56 Å². The first-order valence-electron chi connectivity index (χ1n) is 8.40. The van der Waals surface area contributed by atoms with Gasteiger partial charge < -0.3 is 9.63 Å². The summed E-state index contributed by atoms with van der Waals surface area (Å²) in [4.78, 5) is 32.8. The number of hydrogen-bond acceptors (Lipinski definition) is 7. The van der Waals surface area contributed by atoms with E-state index >= 15 is 0 Å². The van der Waals surface area contributed by atoms with E-state index in [-0.39, 0.29) is 10.9 Å². The third-order valence-electron chi connectivity index (χ3n) is 4.03. The molecule has 0 unspecified atom stereocenters. The Balaban J connectivity index is 1.92. The lowest BCUT2D eigenvalue weighted by atomic mass is 10.1. The first-order valence-corrected chi connectivity index (χ1v) is 9.39. The Kier molecular flexibility index (Phi) is 4.85. The molecule has 1 N–H and O–H groups in total. The number of rotatable bonds is 5. The number of carboxylic acids is 1. The van der Waals surface area contributed by atoms with Crippen molar-refractivity contribution in [2.45, 2.75) is 12.1 Å². The Morgan fingerprint density at radius 2 is 1.97 bits per heavy atom. The number of nitrogens with zero attached hydrogens (tertiary/aromatic N) is 4.